The van der Waals surface area contributed by atoms with Gasteiger partial charge < -0.3 is 10.5 Å². The molecule has 1 aliphatic rings. The molecule has 1 aromatic carbocycles. The Bertz CT molecular complexity index is 362. The molecule has 2 nitrogen and oxygen atoms in total. The summed E-state index contributed by atoms with van der Waals surface area (Å²) in [5.41, 5.74) is 4.71. The van der Waals surface area contributed by atoms with E-state index in [1.165, 1.54) is 12.1 Å². The summed E-state index contributed by atoms with van der Waals surface area (Å²) in [4.78, 5) is 0. The van der Waals surface area contributed by atoms with E-state index in [1.807, 2.05) is 13.8 Å². The van der Waals surface area contributed by atoms with Crippen molar-refractivity contribution < 1.29 is 14.9 Å². The highest BCUT2D eigenvalue weighted by molar-refractivity contribution is 5.37. The first-order valence-corrected chi connectivity index (χ1v) is 4.79. The zero-order chi connectivity index (χ0) is 10.3. The van der Waals surface area contributed by atoms with Crippen LogP contribution < -0.4 is 10.5 Å². The fourth-order valence-corrected chi connectivity index (χ4v) is 1.97. The Labute approximate surface area is 82.9 Å². The van der Waals surface area contributed by atoms with E-state index in [0.29, 0.717) is 0 Å². The number of hydrogen-bond donors (Lipinski definition) is 1. The second-order valence-electron chi connectivity index (χ2n) is 4.44. The van der Waals surface area contributed by atoms with E-state index in [9.17, 15) is 4.39 Å². The van der Waals surface area contributed by atoms with Gasteiger partial charge in [0.1, 0.15) is 23.2 Å². The quantitative estimate of drug-likeness (QED) is 0.673. The van der Waals surface area contributed by atoms with E-state index in [4.69, 9.17) is 4.74 Å². The van der Waals surface area contributed by atoms with Gasteiger partial charge >= 0.3 is 0 Å². The molecule has 0 saturated heterocycles. The van der Waals surface area contributed by atoms with Gasteiger partial charge in [0.25, 0.3) is 0 Å². The molecule has 0 bridgehead atoms. The van der Waals surface area contributed by atoms with Gasteiger partial charge in [-0.05, 0) is 32.0 Å². The molecule has 0 saturated carbocycles. The van der Waals surface area contributed by atoms with Crippen molar-refractivity contribution in [3.8, 4) is 5.75 Å². The zero-order valence-electron chi connectivity index (χ0n) is 8.51. The van der Waals surface area contributed by atoms with Crippen molar-refractivity contribution in [2.24, 2.45) is 0 Å². The molecule has 0 spiro atoms. The fourth-order valence-electron chi connectivity index (χ4n) is 1.97. The predicted molar refractivity (Wildman–Crippen MR) is 51.4 cm³/mol. The lowest BCUT2D eigenvalue weighted by Crippen LogP contribution is -2.58. The van der Waals surface area contributed by atoms with Gasteiger partial charge in [-0.1, -0.05) is 0 Å². The van der Waals surface area contributed by atoms with Crippen LogP contribution in [0.1, 0.15) is 31.9 Å². The summed E-state index contributed by atoms with van der Waals surface area (Å²) in [6, 6.07) is 4.74. The Hall–Kier alpha value is -1.09. The second kappa shape index (κ2) is 2.95. The third-order valence-electron chi connectivity index (χ3n) is 2.54. The van der Waals surface area contributed by atoms with Crippen molar-refractivity contribution in [1.29, 1.82) is 0 Å². The Morgan fingerprint density at radius 1 is 1.50 bits per heavy atom. The van der Waals surface area contributed by atoms with Crippen LogP contribution in [0, 0.1) is 5.82 Å². The largest absolute Gasteiger partial charge is 0.487 e. The van der Waals surface area contributed by atoms with Crippen LogP contribution >= 0.6 is 0 Å². The molecule has 76 valence electrons. The average Bonchev–Trinajstić information content (AvgIpc) is 2.05. The number of ether oxygens (including phenoxy) is 1. The van der Waals surface area contributed by atoms with E-state index in [1.54, 1.807) is 6.07 Å². The zero-order valence-corrected chi connectivity index (χ0v) is 8.51. The van der Waals surface area contributed by atoms with Crippen LogP contribution in [0.2, 0.25) is 0 Å². The number of halogens is 1. The summed E-state index contributed by atoms with van der Waals surface area (Å²) in [6.07, 6.45) is 0.823. The number of hydrogen-bond acceptors (Lipinski definition) is 1. The first-order chi connectivity index (χ1) is 6.48. The van der Waals surface area contributed by atoms with Crippen LogP contribution in [0.15, 0.2) is 18.2 Å². The molecule has 2 rings (SSSR count). The summed E-state index contributed by atoms with van der Waals surface area (Å²) < 4.78 is 18.7. The molecule has 0 aromatic heterocycles. The highest BCUT2D eigenvalue weighted by atomic mass is 19.1. The number of quaternary nitrogens is 1. The second-order valence-corrected chi connectivity index (χ2v) is 4.44. The van der Waals surface area contributed by atoms with Gasteiger partial charge in [-0.3, -0.25) is 0 Å². The first kappa shape index (κ1) is 9.46. The Kier molecular flexibility index (Phi) is 2.00. The minimum absolute atomic E-state index is 0.115. The number of rotatable bonds is 0. The van der Waals surface area contributed by atoms with Crippen molar-refractivity contribution >= 4 is 0 Å². The van der Waals surface area contributed by atoms with Crippen molar-refractivity contribution in [2.45, 2.75) is 31.9 Å². The van der Waals surface area contributed by atoms with Crippen molar-refractivity contribution in [3.05, 3.63) is 29.6 Å². The standard InChI is InChI=1S/C11H14FNO/c1-11(2)6-9(13)8-5-7(12)3-4-10(8)14-11/h3-5,9H,6,13H2,1-2H3/p+1. The van der Waals surface area contributed by atoms with E-state index in [0.717, 1.165) is 17.7 Å². The van der Waals surface area contributed by atoms with Crippen LogP contribution in [0.25, 0.3) is 0 Å². The number of fused-ring (bicyclic) bond motifs is 1. The Balaban J connectivity index is 2.45. The molecule has 3 heteroatoms. The van der Waals surface area contributed by atoms with Gasteiger partial charge in [0.15, 0.2) is 0 Å². The molecule has 0 fully saturated rings. The van der Waals surface area contributed by atoms with Crippen LogP contribution in [0.4, 0.5) is 4.39 Å². The summed E-state index contributed by atoms with van der Waals surface area (Å²) in [5.74, 6) is 0.545. The van der Waals surface area contributed by atoms with E-state index in [2.05, 4.69) is 5.73 Å². The van der Waals surface area contributed by atoms with Crippen LogP contribution in [-0.2, 0) is 0 Å². The van der Waals surface area contributed by atoms with Crippen LogP contribution in [-0.4, -0.2) is 5.60 Å². The minimum atomic E-state index is -0.222. The van der Waals surface area contributed by atoms with Crippen LogP contribution in [0.5, 0.6) is 5.75 Å². The third-order valence-corrected chi connectivity index (χ3v) is 2.54. The molecule has 1 aromatic rings. The topological polar surface area (TPSA) is 36.9 Å². The van der Waals surface area contributed by atoms with Gasteiger partial charge in [-0.2, -0.15) is 0 Å². The molecule has 3 N–H and O–H groups in total. The fraction of sp³-hybridized carbons (Fsp3) is 0.455. The molecule has 0 amide bonds. The van der Waals surface area contributed by atoms with Gasteiger partial charge in [-0.15, -0.1) is 0 Å². The highest BCUT2D eigenvalue weighted by Crippen LogP contribution is 2.37. The lowest BCUT2D eigenvalue weighted by molar-refractivity contribution is -0.435. The molecule has 1 atom stereocenters. The molecule has 0 aliphatic carbocycles. The third kappa shape index (κ3) is 1.60. The SMILES string of the molecule is CC1(C)CC([NH3+])c2cc(F)ccc2O1. The van der Waals surface area contributed by atoms with Gasteiger partial charge in [0, 0.05) is 6.42 Å². The summed E-state index contributed by atoms with van der Waals surface area (Å²) in [6.45, 7) is 4.05. The van der Waals surface area contributed by atoms with Crippen molar-refractivity contribution in [2.75, 3.05) is 0 Å². The van der Waals surface area contributed by atoms with E-state index < -0.39 is 0 Å². The Morgan fingerprint density at radius 2 is 2.21 bits per heavy atom. The minimum Gasteiger partial charge on any atom is -0.487 e. The predicted octanol–water partition coefficient (Wildman–Crippen LogP) is 1.67. The normalized spacial score (nSPS) is 23.9. The number of benzene rings is 1. The van der Waals surface area contributed by atoms with Crippen molar-refractivity contribution in [3.63, 3.8) is 0 Å². The monoisotopic (exact) mass is 196 g/mol. The maximum absolute atomic E-state index is 13.0. The highest BCUT2D eigenvalue weighted by Gasteiger charge is 2.34. The lowest BCUT2D eigenvalue weighted by Gasteiger charge is -2.34. The molecule has 1 unspecified atom stereocenters. The summed E-state index contributed by atoms with van der Waals surface area (Å²) in [7, 11) is 0. The molecule has 0 radical (unpaired) electrons. The molecule has 1 heterocycles. The maximum Gasteiger partial charge on any atom is 0.129 e. The van der Waals surface area contributed by atoms with E-state index in [-0.39, 0.29) is 17.5 Å². The molecule has 14 heavy (non-hydrogen) atoms. The van der Waals surface area contributed by atoms with Gasteiger partial charge in [0.05, 0.1) is 5.56 Å². The Morgan fingerprint density at radius 3 is 2.93 bits per heavy atom. The van der Waals surface area contributed by atoms with Gasteiger partial charge in [-0.25, -0.2) is 4.39 Å². The summed E-state index contributed by atoms with van der Waals surface area (Å²) >= 11 is 0. The smallest absolute Gasteiger partial charge is 0.129 e. The van der Waals surface area contributed by atoms with E-state index >= 15 is 0 Å². The average molecular weight is 196 g/mol. The molecular formula is C11H15FNO+. The lowest BCUT2D eigenvalue weighted by atomic mass is 9.90. The maximum atomic E-state index is 13.0. The van der Waals surface area contributed by atoms with Crippen molar-refractivity contribution in [1.82, 2.24) is 0 Å². The van der Waals surface area contributed by atoms with Crippen LogP contribution in [0.3, 0.4) is 0 Å². The molecular weight excluding hydrogens is 181 g/mol. The molecule has 1 aliphatic heterocycles. The van der Waals surface area contributed by atoms with Gasteiger partial charge in [0.2, 0.25) is 0 Å². The summed E-state index contributed by atoms with van der Waals surface area (Å²) in [5, 5.41) is 0. The first-order valence-electron chi connectivity index (χ1n) is 4.79.